The molecule has 3 amide bonds. The molecule has 2 aromatic rings. The van der Waals surface area contributed by atoms with Crippen molar-refractivity contribution in [2.75, 3.05) is 19.7 Å². The molecule has 4 N–H and O–H groups in total. The predicted molar refractivity (Wildman–Crippen MR) is 127 cm³/mol. The highest BCUT2D eigenvalue weighted by Gasteiger charge is 2.30. The molecule has 0 heterocycles. The summed E-state index contributed by atoms with van der Waals surface area (Å²) in [4.78, 5) is 47.4. The molecule has 10 heteroatoms. The molecule has 186 valence electrons. The van der Waals surface area contributed by atoms with E-state index in [1.54, 1.807) is 20.8 Å². The van der Waals surface area contributed by atoms with E-state index < -0.39 is 48.8 Å². The molecule has 1 atom stereocenters. The van der Waals surface area contributed by atoms with Gasteiger partial charge in [0.05, 0.1) is 6.54 Å². The van der Waals surface area contributed by atoms with Crippen LogP contribution in [0.25, 0.3) is 11.1 Å². The number of benzene rings is 2. The Kier molecular flexibility index (Phi) is 7.95. The Hall–Kier alpha value is -4.08. The normalized spacial score (nSPS) is 13.1. The molecular formula is C25H29N3O7. The molecule has 1 unspecified atom stereocenters. The summed E-state index contributed by atoms with van der Waals surface area (Å²) in [6.07, 6.45) is -1.69. The van der Waals surface area contributed by atoms with Crippen molar-refractivity contribution >= 4 is 24.1 Å². The molecule has 0 aliphatic heterocycles. The number of hydrogen-bond donors (Lipinski definition) is 4. The number of ether oxygens (including phenoxy) is 2. The third-order valence-electron chi connectivity index (χ3n) is 5.23. The van der Waals surface area contributed by atoms with Crippen LogP contribution in [0.15, 0.2) is 48.5 Å². The van der Waals surface area contributed by atoms with Crippen LogP contribution in [-0.2, 0) is 19.1 Å². The van der Waals surface area contributed by atoms with E-state index in [4.69, 9.17) is 9.47 Å². The topological polar surface area (TPSA) is 143 Å². The molecule has 0 aromatic heterocycles. The average Bonchev–Trinajstić information content (AvgIpc) is 3.11. The summed E-state index contributed by atoms with van der Waals surface area (Å²) in [6, 6.07) is 14.3. The first-order valence-electron chi connectivity index (χ1n) is 11.1. The quantitative estimate of drug-likeness (QED) is 0.452. The van der Waals surface area contributed by atoms with E-state index in [1.807, 2.05) is 48.5 Å². The summed E-state index contributed by atoms with van der Waals surface area (Å²) < 4.78 is 10.4. The summed E-state index contributed by atoms with van der Waals surface area (Å²) in [6.45, 7) is 4.26. The summed E-state index contributed by atoms with van der Waals surface area (Å²) >= 11 is 0. The zero-order valence-corrected chi connectivity index (χ0v) is 19.8. The highest BCUT2D eigenvalue weighted by Crippen LogP contribution is 2.44. The number of aliphatic carboxylic acids is 1. The largest absolute Gasteiger partial charge is 0.480 e. The van der Waals surface area contributed by atoms with Crippen LogP contribution in [0.3, 0.4) is 0 Å². The van der Waals surface area contributed by atoms with Crippen molar-refractivity contribution < 1.29 is 33.8 Å². The number of carboxylic acids is 1. The molecule has 10 nitrogen and oxygen atoms in total. The van der Waals surface area contributed by atoms with Crippen LogP contribution in [0.2, 0.25) is 0 Å². The fraction of sp³-hybridized carbons (Fsp3) is 0.360. The van der Waals surface area contributed by atoms with Gasteiger partial charge in [-0.1, -0.05) is 48.5 Å². The summed E-state index contributed by atoms with van der Waals surface area (Å²) in [7, 11) is 0. The molecule has 0 fully saturated rings. The smallest absolute Gasteiger partial charge is 0.408 e. The molecule has 0 radical (unpaired) electrons. The summed E-state index contributed by atoms with van der Waals surface area (Å²) in [5.41, 5.74) is 3.48. The number of rotatable bonds is 8. The van der Waals surface area contributed by atoms with Crippen molar-refractivity contribution in [2.24, 2.45) is 0 Å². The van der Waals surface area contributed by atoms with E-state index in [1.165, 1.54) is 0 Å². The molecule has 0 spiro atoms. The van der Waals surface area contributed by atoms with Crippen molar-refractivity contribution in [3.8, 4) is 11.1 Å². The van der Waals surface area contributed by atoms with Crippen molar-refractivity contribution in [1.82, 2.24) is 16.0 Å². The van der Waals surface area contributed by atoms with E-state index in [0.29, 0.717) is 0 Å². The maximum Gasteiger partial charge on any atom is 0.408 e. The molecular weight excluding hydrogens is 454 g/mol. The summed E-state index contributed by atoms with van der Waals surface area (Å²) in [5.74, 6) is -2.16. The van der Waals surface area contributed by atoms with Crippen LogP contribution < -0.4 is 16.0 Å². The van der Waals surface area contributed by atoms with Crippen LogP contribution in [0.4, 0.5) is 9.59 Å². The van der Waals surface area contributed by atoms with E-state index in [0.717, 1.165) is 22.3 Å². The van der Waals surface area contributed by atoms with Gasteiger partial charge in [0.15, 0.2) is 0 Å². The van der Waals surface area contributed by atoms with Gasteiger partial charge in [-0.15, -0.1) is 0 Å². The molecule has 0 bridgehead atoms. The van der Waals surface area contributed by atoms with Crippen LogP contribution >= 0.6 is 0 Å². The number of amides is 3. The van der Waals surface area contributed by atoms with Gasteiger partial charge in [-0.25, -0.2) is 14.4 Å². The van der Waals surface area contributed by atoms with Gasteiger partial charge in [-0.2, -0.15) is 0 Å². The highest BCUT2D eigenvalue weighted by molar-refractivity contribution is 5.84. The SMILES string of the molecule is CC(C)(C)OC(=O)NCC(=O)NCC(NC(=O)OCC1c2ccccc2-c2ccccc21)C(=O)O. The Balaban J connectivity index is 1.50. The van der Waals surface area contributed by atoms with Gasteiger partial charge in [0, 0.05) is 12.5 Å². The second-order valence-corrected chi connectivity index (χ2v) is 9.02. The Bertz CT molecular complexity index is 1060. The number of carbonyl (C=O) groups excluding carboxylic acids is 3. The van der Waals surface area contributed by atoms with Crippen molar-refractivity contribution in [1.29, 1.82) is 0 Å². The highest BCUT2D eigenvalue weighted by atomic mass is 16.6. The van der Waals surface area contributed by atoms with Gasteiger partial charge >= 0.3 is 18.2 Å². The van der Waals surface area contributed by atoms with Gasteiger partial charge < -0.3 is 30.5 Å². The second-order valence-electron chi connectivity index (χ2n) is 9.02. The molecule has 2 aromatic carbocycles. The standard InChI is InChI=1S/C25H29N3O7/c1-25(2,3)35-23(32)27-13-21(29)26-12-20(22(30)31)28-24(33)34-14-19-17-10-6-4-8-15(17)16-9-5-7-11-18(16)19/h4-11,19-20H,12-14H2,1-3H3,(H,26,29)(H,27,32)(H,28,33)(H,30,31). The summed E-state index contributed by atoms with van der Waals surface area (Å²) in [5, 5.41) is 16.3. The lowest BCUT2D eigenvalue weighted by Crippen LogP contribution is -2.50. The first-order chi connectivity index (χ1) is 16.5. The third-order valence-corrected chi connectivity index (χ3v) is 5.23. The molecule has 3 rings (SSSR count). The molecule has 1 aliphatic rings. The predicted octanol–water partition coefficient (Wildman–Crippen LogP) is 2.62. The third kappa shape index (κ3) is 6.95. The van der Waals surface area contributed by atoms with Gasteiger partial charge in [0.25, 0.3) is 0 Å². The molecule has 1 aliphatic carbocycles. The number of carboxylic acid groups (broad SMARTS) is 1. The zero-order chi connectivity index (χ0) is 25.6. The lowest BCUT2D eigenvalue weighted by atomic mass is 9.98. The van der Waals surface area contributed by atoms with Crippen molar-refractivity contribution in [2.45, 2.75) is 38.3 Å². The Labute approximate surface area is 203 Å². The maximum atomic E-state index is 12.3. The number of hydrogen-bond acceptors (Lipinski definition) is 6. The van der Waals surface area contributed by atoms with Gasteiger partial charge in [0.2, 0.25) is 5.91 Å². The van der Waals surface area contributed by atoms with Crippen LogP contribution in [-0.4, -0.2) is 60.5 Å². The Morgan fingerprint density at radius 1 is 0.914 bits per heavy atom. The van der Waals surface area contributed by atoms with E-state index in [-0.39, 0.29) is 12.5 Å². The number of carbonyl (C=O) groups is 4. The zero-order valence-electron chi connectivity index (χ0n) is 19.8. The average molecular weight is 484 g/mol. The Morgan fingerprint density at radius 2 is 1.49 bits per heavy atom. The second kappa shape index (κ2) is 10.9. The number of fused-ring (bicyclic) bond motifs is 3. The minimum absolute atomic E-state index is 0.0262. The van der Waals surface area contributed by atoms with Gasteiger partial charge in [0.1, 0.15) is 18.2 Å². The molecule has 35 heavy (non-hydrogen) atoms. The van der Waals surface area contributed by atoms with Crippen molar-refractivity contribution in [3.63, 3.8) is 0 Å². The van der Waals surface area contributed by atoms with Crippen LogP contribution in [0, 0.1) is 0 Å². The van der Waals surface area contributed by atoms with Crippen LogP contribution in [0.1, 0.15) is 37.8 Å². The molecule has 0 saturated carbocycles. The van der Waals surface area contributed by atoms with E-state index >= 15 is 0 Å². The molecule has 0 saturated heterocycles. The number of nitrogens with one attached hydrogen (secondary N) is 3. The first kappa shape index (κ1) is 25.5. The lowest BCUT2D eigenvalue weighted by Gasteiger charge is -2.20. The van der Waals surface area contributed by atoms with Gasteiger partial charge in [-0.05, 0) is 43.0 Å². The van der Waals surface area contributed by atoms with E-state index in [9.17, 15) is 24.3 Å². The lowest BCUT2D eigenvalue weighted by molar-refractivity contribution is -0.139. The van der Waals surface area contributed by atoms with Gasteiger partial charge in [-0.3, -0.25) is 4.79 Å². The van der Waals surface area contributed by atoms with Crippen LogP contribution in [0.5, 0.6) is 0 Å². The minimum Gasteiger partial charge on any atom is -0.480 e. The fourth-order valence-electron chi connectivity index (χ4n) is 3.73. The first-order valence-corrected chi connectivity index (χ1v) is 11.1. The van der Waals surface area contributed by atoms with E-state index in [2.05, 4.69) is 16.0 Å². The fourth-order valence-corrected chi connectivity index (χ4v) is 3.73. The monoisotopic (exact) mass is 483 g/mol. The maximum absolute atomic E-state index is 12.3. The Morgan fingerprint density at radius 3 is 2.03 bits per heavy atom. The minimum atomic E-state index is -1.42. The number of alkyl carbamates (subject to hydrolysis) is 2. The van der Waals surface area contributed by atoms with Crippen molar-refractivity contribution in [3.05, 3.63) is 59.7 Å².